The lowest BCUT2D eigenvalue weighted by atomic mass is 10.2. The number of piperazine rings is 1. The second-order valence-corrected chi connectivity index (χ2v) is 6.62. The number of thiazole rings is 1. The number of ether oxygens (including phenoxy) is 1. The highest BCUT2D eigenvalue weighted by molar-refractivity contribution is 7.11. The van der Waals surface area contributed by atoms with Crippen LogP contribution in [0.3, 0.4) is 0 Å². The van der Waals surface area contributed by atoms with Crippen molar-refractivity contribution in [3.63, 3.8) is 0 Å². The second kappa shape index (κ2) is 13.1. The molecule has 1 saturated heterocycles. The van der Waals surface area contributed by atoms with Crippen LogP contribution in [-0.2, 0) is 16.1 Å². The highest BCUT2D eigenvalue weighted by Gasteiger charge is 2.23. The predicted molar refractivity (Wildman–Crippen MR) is 105 cm³/mol. The Kier molecular flexibility index (Phi) is 14.2. The minimum absolute atomic E-state index is 0. The van der Waals surface area contributed by atoms with Gasteiger partial charge < -0.3 is 15.4 Å². The largest absolute Gasteiger partial charge is 0.380 e. The van der Waals surface area contributed by atoms with E-state index < -0.39 is 0 Å². The van der Waals surface area contributed by atoms with E-state index in [1.807, 2.05) is 18.0 Å². The van der Waals surface area contributed by atoms with Gasteiger partial charge in [-0.05, 0) is 6.92 Å². The molecule has 0 aliphatic carbocycles. The molecule has 24 heavy (non-hydrogen) atoms. The van der Waals surface area contributed by atoms with Crippen LogP contribution in [0.1, 0.15) is 16.3 Å². The van der Waals surface area contributed by atoms with E-state index in [9.17, 15) is 4.79 Å². The quantitative estimate of drug-likeness (QED) is 0.757. The fraction of sp³-hybridized carbons (Fsp3) is 0.714. The monoisotopic (exact) mass is 420 g/mol. The van der Waals surface area contributed by atoms with Crippen molar-refractivity contribution in [3.8, 4) is 0 Å². The van der Waals surface area contributed by atoms with Gasteiger partial charge in [0.15, 0.2) is 0 Å². The molecule has 2 N–H and O–H groups in total. The van der Waals surface area contributed by atoms with Crippen molar-refractivity contribution in [1.82, 2.24) is 14.8 Å². The number of halogens is 3. The smallest absolute Gasteiger partial charge is 0.225 e. The van der Waals surface area contributed by atoms with Gasteiger partial charge in [-0.2, -0.15) is 0 Å². The van der Waals surface area contributed by atoms with E-state index in [1.165, 1.54) is 4.88 Å². The average Bonchev–Trinajstić information content (AvgIpc) is 2.90. The van der Waals surface area contributed by atoms with Crippen LogP contribution in [-0.4, -0.2) is 66.6 Å². The van der Waals surface area contributed by atoms with Gasteiger partial charge in [-0.3, -0.25) is 9.69 Å². The standard InChI is InChI=1S/C14H24N4O2S.3ClH/c1-11-16-9-13(21-11)10-17-3-5-18(6-4-17)14(19)7-12(8-15)20-2;;;/h9,12H,3-8,10,15H2,1-2H3;3*1H. The van der Waals surface area contributed by atoms with Gasteiger partial charge in [-0.25, -0.2) is 4.98 Å². The Bertz CT molecular complexity index is 467. The molecular weight excluding hydrogens is 395 g/mol. The lowest BCUT2D eigenvalue weighted by Crippen LogP contribution is -2.49. The maximum Gasteiger partial charge on any atom is 0.225 e. The first-order valence-electron chi connectivity index (χ1n) is 7.26. The van der Waals surface area contributed by atoms with Crippen LogP contribution in [0.15, 0.2) is 6.20 Å². The summed E-state index contributed by atoms with van der Waals surface area (Å²) < 4.78 is 5.17. The molecular formula is C14H27Cl3N4O2S. The molecule has 2 rings (SSSR count). The van der Waals surface area contributed by atoms with E-state index in [-0.39, 0.29) is 49.2 Å². The van der Waals surface area contributed by atoms with Crippen LogP contribution in [0.25, 0.3) is 0 Å². The van der Waals surface area contributed by atoms with Crippen LogP contribution in [0.5, 0.6) is 0 Å². The third-order valence-electron chi connectivity index (χ3n) is 3.77. The van der Waals surface area contributed by atoms with E-state index in [0.717, 1.165) is 37.7 Å². The van der Waals surface area contributed by atoms with Crippen molar-refractivity contribution in [2.45, 2.75) is 26.0 Å². The maximum absolute atomic E-state index is 12.2. The molecule has 1 aliphatic rings. The van der Waals surface area contributed by atoms with Crippen LogP contribution >= 0.6 is 48.6 Å². The van der Waals surface area contributed by atoms with Crippen molar-refractivity contribution in [3.05, 3.63) is 16.1 Å². The first-order valence-corrected chi connectivity index (χ1v) is 8.08. The first-order chi connectivity index (χ1) is 10.1. The number of hydrogen-bond donors (Lipinski definition) is 1. The molecule has 1 atom stereocenters. The summed E-state index contributed by atoms with van der Waals surface area (Å²) in [6, 6.07) is 0. The van der Waals surface area contributed by atoms with Crippen molar-refractivity contribution < 1.29 is 9.53 Å². The Morgan fingerprint density at radius 1 is 1.33 bits per heavy atom. The van der Waals surface area contributed by atoms with Gasteiger partial charge in [0.1, 0.15) is 0 Å². The van der Waals surface area contributed by atoms with E-state index in [1.54, 1.807) is 18.4 Å². The zero-order chi connectivity index (χ0) is 15.2. The number of nitrogens with two attached hydrogens (primary N) is 1. The molecule has 142 valence electrons. The Morgan fingerprint density at radius 2 is 1.96 bits per heavy atom. The summed E-state index contributed by atoms with van der Waals surface area (Å²) in [6.07, 6.45) is 2.15. The molecule has 0 bridgehead atoms. The van der Waals surface area contributed by atoms with Crippen LogP contribution in [0.2, 0.25) is 0 Å². The Morgan fingerprint density at radius 3 is 2.42 bits per heavy atom. The summed E-state index contributed by atoms with van der Waals surface area (Å²) in [7, 11) is 1.60. The van der Waals surface area contributed by atoms with Gasteiger partial charge >= 0.3 is 0 Å². The van der Waals surface area contributed by atoms with Crippen LogP contribution in [0, 0.1) is 6.92 Å². The molecule has 1 aromatic heterocycles. The third kappa shape index (κ3) is 7.82. The Balaban J connectivity index is 0. The maximum atomic E-state index is 12.2. The van der Waals surface area contributed by atoms with E-state index >= 15 is 0 Å². The molecule has 1 amide bonds. The van der Waals surface area contributed by atoms with Crippen LogP contribution < -0.4 is 5.73 Å². The molecule has 1 fully saturated rings. The Labute approximate surface area is 166 Å². The number of amides is 1. The molecule has 0 saturated carbocycles. The number of nitrogens with zero attached hydrogens (tertiary/aromatic N) is 3. The van der Waals surface area contributed by atoms with E-state index in [0.29, 0.717) is 13.0 Å². The van der Waals surface area contributed by atoms with Gasteiger partial charge in [0, 0.05) is 57.5 Å². The van der Waals surface area contributed by atoms with Gasteiger partial charge in [-0.15, -0.1) is 48.6 Å². The number of aryl methyl sites for hydroxylation is 1. The fourth-order valence-electron chi connectivity index (χ4n) is 2.44. The lowest BCUT2D eigenvalue weighted by Gasteiger charge is -2.35. The van der Waals surface area contributed by atoms with Gasteiger partial charge in [0.2, 0.25) is 5.91 Å². The minimum atomic E-state index is -0.171. The third-order valence-corrected chi connectivity index (χ3v) is 4.67. The van der Waals surface area contributed by atoms with Crippen LogP contribution in [0.4, 0.5) is 0 Å². The van der Waals surface area contributed by atoms with Gasteiger partial charge in [0.25, 0.3) is 0 Å². The lowest BCUT2D eigenvalue weighted by molar-refractivity contribution is -0.135. The summed E-state index contributed by atoms with van der Waals surface area (Å²) in [5.74, 6) is 0.139. The number of carbonyl (C=O) groups excluding carboxylic acids is 1. The van der Waals surface area contributed by atoms with Crippen molar-refractivity contribution in [2.75, 3.05) is 39.8 Å². The number of carbonyl (C=O) groups is 1. The molecule has 1 aliphatic heterocycles. The molecule has 0 aromatic carbocycles. The van der Waals surface area contributed by atoms with Gasteiger partial charge in [0.05, 0.1) is 17.5 Å². The van der Waals surface area contributed by atoms with Gasteiger partial charge in [-0.1, -0.05) is 0 Å². The number of rotatable bonds is 6. The SMILES string of the molecule is COC(CN)CC(=O)N1CCN(Cc2cnc(C)s2)CC1.Cl.Cl.Cl. The summed E-state index contributed by atoms with van der Waals surface area (Å²) in [5.41, 5.74) is 5.56. The van der Waals surface area contributed by atoms with Crippen molar-refractivity contribution >= 4 is 54.5 Å². The van der Waals surface area contributed by atoms with Crippen molar-refractivity contribution in [1.29, 1.82) is 0 Å². The fourth-order valence-corrected chi connectivity index (χ4v) is 3.28. The summed E-state index contributed by atoms with van der Waals surface area (Å²) in [5, 5.41) is 1.10. The predicted octanol–water partition coefficient (Wildman–Crippen LogP) is 1.72. The molecule has 1 unspecified atom stereocenters. The highest BCUT2D eigenvalue weighted by Crippen LogP contribution is 2.15. The summed E-state index contributed by atoms with van der Waals surface area (Å²) >= 11 is 1.74. The zero-order valence-corrected chi connectivity index (χ0v) is 17.2. The molecule has 0 radical (unpaired) electrons. The molecule has 6 nitrogen and oxygen atoms in total. The second-order valence-electron chi connectivity index (χ2n) is 5.30. The van der Waals surface area contributed by atoms with E-state index in [4.69, 9.17) is 10.5 Å². The summed E-state index contributed by atoms with van der Waals surface area (Å²) in [4.78, 5) is 22.0. The number of hydrogen-bond acceptors (Lipinski definition) is 6. The number of methoxy groups -OCH3 is 1. The molecule has 2 heterocycles. The number of aromatic nitrogens is 1. The Hall–Kier alpha value is -0.150. The first kappa shape index (κ1) is 26.1. The average molecular weight is 422 g/mol. The molecule has 0 spiro atoms. The minimum Gasteiger partial charge on any atom is -0.380 e. The van der Waals surface area contributed by atoms with Crippen molar-refractivity contribution in [2.24, 2.45) is 5.73 Å². The topological polar surface area (TPSA) is 71.7 Å². The molecule has 1 aromatic rings. The summed E-state index contributed by atoms with van der Waals surface area (Å²) in [6.45, 7) is 6.69. The van der Waals surface area contributed by atoms with E-state index in [2.05, 4.69) is 9.88 Å². The zero-order valence-electron chi connectivity index (χ0n) is 14.0. The normalized spacial score (nSPS) is 15.7. The molecule has 10 heteroatoms. The highest BCUT2D eigenvalue weighted by atomic mass is 35.5.